The minimum Gasteiger partial charge on any atom is -0.454 e. The molecule has 154 valence electrons. The number of nitrogens with zero attached hydrogens (tertiary/aromatic N) is 4. The second-order valence-electron chi connectivity index (χ2n) is 7.30. The standard InChI is InChI=1S/C19H22FIN6O2/c1-10(2)8-23-3-4-27-15(24-16-17(22)25-19(20)26-18(16)27)6-11-5-13-14(7-12(11)21)29-9-28-13/h5,7,10,23H,3-4,6,8-9H2,1-2H3,(H2,22,25,26)/i21+4. The van der Waals surface area contributed by atoms with E-state index in [1.54, 1.807) is 0 Å². The Balaban J connectivity index is 1.69. The van der Waals surface area contributed by atoms with Gasteiger partial charge in [0, 0.05) is 23.1 Å². The van der Waals surface area contributed by atoms with Crippen LogP contribution in [0.15, 0.2) is 12.1 Å². The number of nitrogens with one attached hydrogen (secondary N) is 1. The Kier molecular flexibility index (Phi) is 5.72. The number of nitrogen functional groups attached to an aromatic ring is 1. The van der Waals surface area contributed by atoms with Gasteiger partial charge >= 0.3 is 6.08 Å². The SMILES string of the molecule is CC(C)CNCCn1c(Cc2cc3c(cc2[131I])OCO3)nc2c(N)nc(F)nc21. The average molecular weight is 516 g/mol. The zero-order chi connectivity index (χ0) is 20.5. The van der Waals surface area contributed by atoms with Gasteiger partial charge in [0.25, 0.3) is 0 Å². The zero-order valence-corrected chi connectivity index (χ0v) is 18.4. The molecule has 4 rings (SSSR count). The van der Waals surface area contributed by atoms with E-state index in [4.69, 9.17) is 15.2 Å². The molecule has 10 heteroatoms. The second-order valence-corrected chi connectivity index (χ2v) is 8.46. The monoisotopic (exact) mass is 516 g/mol. The molecule has 0 radical (unpaired) electrons. The maximum atomic E-state index is 13.8. The van der Waals surface area contributed by atoms with Crippen LogP contribution in [0, 0.1) is 15.6 Å². The number of anilines is 1. The normalized spacial score (nSPS) is 13.0. The maximum Gasteiger partial charge on any atom is 0.312 e. The Morgan fingerprint density at radius 3 is 2.76 bits per heavy atom. The number of aromatic nitrogens is 4. The molecular weight excluding hydrogens is 494 g/mol. The molecule has 0 saturated carbocycles. The van der Waals surface area contributed by atoms with Gasteiger partial charge in [-0.3, -0.25) is 0 Å². The van der Waals surface area contributed by atoms with Gasteiger partial charge in [0.15, 0.2) is 28.5 Å². The van der Waals surface area contributed by atoms with Crippen molar-refractivity contribution in [1.82, 2.24) is 24.8 Å². The molecular formula is C19H22FIN6O2. The van der Waals surface area contributed by atoms with Crippen molar-refractivity contribution >= 4 is 39.6 Å². The third-order valence-corrected chi connectivity index (χ3v) is 5.63. The minimum absolute atomic E-state index is 0.0445. The molecule has 1 aliphatic heterocycles. The number of benzene rings is 1. The molecule has 2 aromatic heterocycles. The van der Waals surface area contributed by atoms with E-state index in [-0.39, 0.29) is 12.6 Å². The number of rotatable bonds is 7. The predicted octanol–water partition coefficient (Wildman–Crippen LogP) is 2.72. The molecule has 3 aromatic rings. The van der Waals surface area contributed by atoms with Gasteiger partial charge in [0.05, 0.1) is 0 Å². The first-order chi connectivity index (χ1) is 13.9. The van der Waals surface area contributed by atoms with E-state index in [1.807, 2.05) is 16.7 Å². The number of halogens is 2. The second kappa shape index (κ2) is 8.27. The molecule has 1 aromatic carbocycles. The molecule has 3 N–H and O–H groups in total. The first-order valence-corrected chi connectivity index (χ1v) is 10.5. The quantitative estimate of drug-likeness (QED) is 0.283. The van der Waals surface area contributed by atoms with E-state index >= 15 is 0 Å². The van der Waals surface area contributed by atoms with Gasteiger partial charge in [-0.2, -0.15) is 14.4 Å². The van der Waals surface area contributed by atoms with E-state index in [0.717, 1.165) is 27.3 Å². The Labute approximate surface area is 181 Å². The summed E-state index contributed by atoms with van der Waals surface area (Å²) in [5.41, 5.74) is 7.77. The van der Waals surface area contributed by atoms with E-state index in [0.29, 0.717) is 42.3 Å². The summed E-state index contributed by atoms with van der Waals surface area (Å²) in [6, 6.07) is 3.91. The molecule has 0 spiro atoms. The van der Waals surface area contributed by atoms with Gasteiger partial charge < -0.3 is 25.1 Å². The fourth-order valence-electron chi connectivity index (χ4n) is 3.26. The molecule has 29 heavy (non-hydrogen) atoms. The van der Waals surface area contributed by atoms with Gasteiger partial charge in [-0.1, -0.05) is 13.8 Å². The lowest BCUT2D eigenvalue weighted by Crippen LogP contribution is -2.25. The number of imidazole rings is 1. The smallest absolute Gasteiger partial charge is 0.312 e. The molecule has 0 aliphatic carbocycles. The Morgan fingerprint density at radius 2 is 2.00 bits per heavy atom. The fourth-order valence-corrected chi connectivity index (χ4v) is 3.89. The van der Waals surface area contributed by atoms with Crippen LogP contribution in [0.1, 0.15) is 25.2 Å². The van der Waals surface area contributed by atoms with Crippen LogP contribution in [0.25, 0.3) is 11.2 Å². The van der Waals surface area contributed by atoms with E-state index in [9.17, 15) is 4.39 Å². The van der Waals surface area contributed by atoms with Crippen LogP contribution in [0.4, 0.5) is 10.2 Å². The fraction of sp³-hybridized carbons (Fsp3) is 0.421. The first kappa shape index (κ1) is 20.1. The highest BCUT2D eigenvalue weighted by molar-refractivity contribution is 14.1. The van der Waals surface area contributed by atoms with Crippen molar-refractivity contribution in [3.05, 3.63) is 33.2 Å². The average Bonchev–Trinajstić information content (AvgIpc) is 3.23. The van der Waals surface area contributed by atoms with Gasteiger partial charge in [-0.05, 0) is 52.7 Å². The summed E-state index contributed by atoms with van der Waals surface area (Å²) in [6.45, 7) is 6.72. The van der Waals surface area contributed by atoms with Crippen LogP contribution < -0.4 is 20.5 Å². The molecule has 8 nitrogen and oxygen atoms in total. The number of nitrogens with two attached hydrogens (primary N) is 1. The Hall–Kier alpha value is -2.21. The predicted molar refractivity (Wildman–Crippen MR) is 115 cm³/mol. The van der Waals surface area contributed by atoms with Crippen molar-refractivity contribution in [1.29, 1.82) is 0 Å². The van der Waals surface area contributed by atoms with Crippen LogP contribution >= 0.6 is 22.6 Å². The van der Waals surface area contributed by atoms with Crippen molar-refractivity contribution in [3.8, 4) is 11.5 Å². The summed E-state index contributed by atoms with van der Waals surface area (Å²) in [5.74, 6) is 2.78. The summed E-state index contributed by atoms with van der Waals surface area (Å²) >= 11 is 2.27. The van der Waals surface area contributed by atoms with Gasteiger partial charge in [0.1, 0.15) is 5.82 Å². The van der Waals surface area contributed by atoms with Crippen molar-refractivity contribution in [2.75, 3.05) is 25.6 Å². The number of hydrogen-bond acceptors (Lipinski definition) is 7. The van der Waals surface area contributed by atoms with Gasteiger partial charge in [0.2, 0.25) is 6.79 Å². The zero-order valence-electron chi connectivity index (χ0n) is 16.2. The third kappa shape index (κ3) is 4.22. The largest absolute Gasteiger partial charge is 0.454 e. The van der Waals surface area contributed by atoms with Crippen LogP contribution in [-0.4, -0.2) is 39.4 Å². The molecule has 0 unspecified atom stereocenters. The highest BCUT2D eigenvalue weighted by Crippen LogP contribution is 2.36. The van der Waals surface area contributed by atoms with Crippen molar-refractivity contribution < 1.29 is 13.9 Å². The van der Waals surface area contributed by atoms with Crippen molar-refractivity contribution in [2.24, 2.45) is 5.92 Å². The summed E-state index contributed by atoms with van der Waals surface area (Å²) in [4.78, 5) is 12.2. The van der Waals surface area contributed by atoms with E-state index < -0.39 is 6.08 Å². The topological polar surface area (TPSA) is 100 Å². The lowest BCUT2D eigenvalue weighted by atomic mass is 10.1. The Bertz CT molecular complexity index is 1060. The van der Waals surface area contributed by atoms with Crippen LogP contribution in [0.5, 0.6) is 11.5 Å². The number of hydrogen-bond donors (Lipinski definition) is 2. The summed E-state index contributed by atoms with van der Waals surface area (Å²) in [7, 11) is 0. The summed E-state index contributed by atoms with van der Waals surface area (Å²) in [5, 5.41) is 3.40. The van der Waals surface area contributed by atoms with Crippen molar-refractivity contribution in [2.45, 2.75) is 26.8 Å². The van der Waals surface area contributed by atoms with Crippen LogP contribution in [0.3, 0.4) is 0 Å². The number of fused-ring (bicyclic) bond motifs is 2. The van der Waals surface area contributed by atoms with Gasteiger partial charge in [-0.15, -0.1) is 0 Å². The molecule has 0 fully saturated rings. The van der Waals surface area contributed by atoms with E-state index in [1.165, 1.54) is 0 Å². The molecule has 3 heterocycles. The van der Waals surface area contributed by atoms with Gasteiger partial charge in [-0.25, -0.2) is 4.98 Å². The summed E-state index contributed by atoms with van der Waals surface area (Å²) in [6.07, 6.45) is -0.327. The lowest BCUT2D eigenvalue weighted by molar-refractivity contribution is 0.174. The van der Waals surface area contributed by atoms with E-state index in [2.05, 4.69) is 56.7 Å². The molecule has 0 bridgehead atoms. The molecule has 1 aliphatic rings. The first-order valence-electron chi connectivity index (χ1n) is 9.39. The minimum atomic E-state index is -0.851. The summed E-state index contributed by atoms with van der Waals surface area (Å²) < 4.78 is 27.7. The number of ether oxygens (including phenoxy) is 2. The van der Waals surface area contributed by atoms with Crippen LogP contribution in [0.2, 0.25) is 0 Å². The highest BCUT2D eigenvalue weighted by Gasteiger charge is 2.20. The highest BCUT2D eigenvalue weighted by atomic mass is 131. The maximum absolute atomic E-state index is 13.8. The third-order valence-electron chi connectivity index (χ3n) is 4.63. The molecule has 0 atom stereocenters. The Morgan fingerprint density at radius 1 is 1.24 bits per heavy atom. The molecule has 0 saturated heterocycles. The molecule has 0 amide bonds. The van der Waals surface area contributed by atoms with Crippen LogP contribution in [-0.2, 0) is 13.0 Å². The van der Waals surface area contributed by atoms with Crippen molar-refractivity contribution in [3.63, 3.8) is 0 Å². The lowest BCUT2D eigenvalue weighted by Gasteiger charge is -2.12.